The highest BCUT2D eigenvalue weighted by atomic mass is 16.4. The normalized spacial score (nSPS) is 12.1. The number of hydrogen-bond donors (Lipinski definition) is 1. The highest BCUT2D eigenvalue weighted by Gasteiger charge is 2.09. The van der Waals surface area contributed by atoms with Crippen LogP contribution >= 0.6 is 0 Å². The van der Waals surface area contributed by atoms with Crippen molar-refractivity contribution in [3.8, 4) is 0 Å². The van der Waals surface area contributed by atoms with Crippen LogP contribution in [0.2, 0.25) is 0 Å². The molecule has 2 heteroatoms. The Bertz CT molecular complexity index is 350. The first-order chi connectivity index (χ1) is 6.66. The Labute approximate surface area is 83.9 Å². The lowest BCUT2D eigenvalue weighted by atomic mass is 10.00. The molecule has 0 heterocycles. The number of rotatable bonds is 3. The van der Waals surface area contributed by atoms with Gasteiger partial charge in [0.15, 0.2) is 0 Å². The van der Waals surface area contributed by atoms with E-state index >= 15 is 0 Å². The predicted octanol–water partition coefficient (Wildman–Crippen LogP) is 2.95. The summed E-state index contributed by atoms with van der Waals surface area (Å²) in [6, 6.07) is 9.59. The summed E-state index contributed by atoms with van der Waals surface area (Å²) < 4.78 is 0. The minimum Gasteiger partial charge on any atom is -0.478 e. The predicted molar refractivity (Wildman–Crippen MR) is 57.0 cm³/mol. The zero-order chi connectivity index (χ0) is 10.6. The molecule has 0 spiro atoms. The minimum absolute atomic E-state index is 0.483. The molecule has 74 valence electrons. The Morgan fingerprint density at radius 2 is 1.86 bits per heavy atom. The SMILES string of the molecule is CCC(C(=O)O)=C(C)c1ccccc1. The molecule has 0 aromatic heterocycles. The van der Waals surface area contributed by atoms with Gasteiger partial charge in [0.1, 0.15) is 0 Å². The van der Waals surface area contributed by atoms with Crippen LogP contribution in [0.3, 0.4) is 0 Å². The molecule has 0 aliphatic heterocycles. The molecule has 0 atom stereocenters. The molecule has 0 amide bonds. The fourth-order valence-corrected chi connectivity index (χ4v) is 1.44. The van der Waals surface area contributed by atoms with Crippen LogP contribution in [0.4, 0.5) is 0 Å². The molecule has 1 rings (SSSR count). The van der Waals surface area contributed by atoms with E-state index in [4.69, 9.17) is 5.11 Å². The monoisotopic (exact) mass is 190 g/mol. The van der Waals surface area contributed by atoms with E-state index in [9.17, 15) is 4.79 Å². The third kappa shape index (κ3) is 2.22. The molecule has 1 aromatic carbocycles. The molecule has 14 heavy (non-hydrogen) atoms. The maximum atomic E-state index is 10.9. The molecule has 0 fully saturated rings. The number of allylic oxidation sites excluding steroid dienone is 1. The quantitative estimate of drug-likeness (QED) is 0.744. The molecular weight excluding hydrogens is 176 g/mol. The summed E-state index contributed by atoms with van der Waals surface area (Å²) in [7, 11) is 0. The summed E-state index contributed by atoms with van der Waals surface area (Å²) >= 11 is 0. The summed E-state index contributed by atoms with van der Waals surface area (Å²) in [6.07, 6.45) is 0.552. The fraction of sp³-hybridized carbons (Fsp3) is 0.250. The van der Waals surface area contributed by atoms with Crippen molar-refractivity contribution in [2.24, 2.45) is 0 Å². The van der Waals surface area contributed by atoms with Gasteiger partial charge in [0.25, 0.3) is 0 Å². The Balaban J connectivity index is 3.15. The van der Waals surface area contributed by atoms with Crippen LogP contribution in [-0.2, 0) is 4.79 Å². The molecule has 0 aliphatic rings. The highest BCUT2D eigenvalue weighted by Crippen LogP contribution is 2.19. The average molecular weight is 190 g/mol. The molecule has 2 nitrogen and oxygen atoms in total. The number of aliphatic carboxylic acids is 1. The molecule has 0 radical (unpaired) electrons. The topological polar surface area (TPSA) is 37.3 Å². The van der Waals surface area contributed by atoms with Crippen LogP contribution in [-0.4, -0.2) is 11.1 Å². The highest BCUT2D eigenvalue weighted by molar-refractivity contribution is 5.95. The van der Waals surface area contributed by atoms with E-state index in [1.54, 1.807) is 0 Å². The summed E-state index contributed by atoms with van der Waals surface area (Å²) in [5, 5.41) is 8.95. The lowest BCUT2D eigenvalue weighted by molar-refractivity contribution is -0.132. The van der Waals surface area contributed by atoms with Crippen LogP contribution in [0.5, 0.6) is 0 Å². The van der Waals surface area contributed by atoms with Gasteiger partial charge in [0.2, 0.25) is 0 Å². The maximum absolute atomic E-state index is 10.9. The van der Waals surface area contributed by atoms with Gasteiger partial charge in [0, 0.05) is 5.57 Å². The summed E-state index contributed by atoms with van der Waals surface area (Å²) in [5.41, 5.74) is 2.31. The molecule has 0 unspecified atom stereocenters. The average Bonchev–Trinajstić information content (AvgIpc) is 2.19. The third-order valence-electron chi connectivity index (χ3n) is 2.27. The van der Waals surface area contributed by atoms with E-state index in [0.717, 1.165) is 11.1 Å². The first kappa shape index (κ1) is 10.5. The van der Waals surface area contributed by atoms with E-state index in [-0.39, 0.29) is 0 Å². The van der Waals surface area contributed by atoms with Crippen molar-refractivity contribution in [1.82, 2.24) is 0 Å². The first-order valence-corrected chi connectivity index (χ1v) is 4.65. The second-order valence-electron chi connectivity index (χ2n) is 3.13. The van der Waals surface area contributed by atoms with Crippen molar-refractivity contribution < 1.29 is 9.90 Å². The third-order valence-corrected chi connectivity index (χ3v) is 2.27. The standard InChI is InChI=1S/C12H14O2/c1-3-11(12(13)14)9(2)10-7-5-4-6-8-10/h4-8H,3H2,1-2H3,(H,13,14). The Kier molecular flexibility index (Phi) is 3.46. The maximum Gasteiger partial charge on any atom is 0.331 e. The van der Waals surface area contributed by atoms with Gasteiger partial charge in [-0.05, 0) is 24.5 Å². The largest absolute Gasteiger partial charge is 0.478 e. The Hall–Kier alpha value is -1.57. The summed E-state index contributed by atoms with van der Waals surface area (Å²) in [6.45, 7) is 3.71. The Morgan fingerprint density at radius 3 is 2.29 bits per heavy atom. The molecular formula is C12H14O2. The van der Waals surface area contributed by atoms with Gasteiger partial charge in [-0.2, -0.15) is 0 Å². The first-order valence-electron chi connectivity index (χ1n) is 4.65. The van der Waals surface area contributed by atoms with E-state index < -0.39 is 5.97 Å². The number of hydrogen-bond acceptors (Lipinski definition) is 1. The van der Waals surface area contributed by atoms with E-state index in [0.29, 0.717) is 12.0 Å². The smallest absolute Gasteiger partial charge is 0.331 e. The van der Waals surface area contributed by atoms with Gasteiger partial charge in [-0.3, -0.25) is 0 Å². The van der Waals surface area contributed by atoms with E-state index in [1.165, 1.54) is 0 Å². The van der Waals surface area contributed by atoms with Crippen LogP contribution in [0, 0.1) is 0 Å². The van der Waals surface area contributed by atoms with Crippen molar-refractivity contribution in [3.05, 3.63) is 41.5 Å². The zero-order valence-corrected chi connectivity index (χ0v) is 8.45. The molecule has 0 aliphatic carbocycles. The van der Waals surface area contributed by atoms with E-state index in [1.807, 2.05) is 44.2 Å². The van der Waals surface area contributed by atoms with Gasteiger partial charge in [-0.15, -0.1) is 0 Å². The number of carboxylic acids is 1. The summed E-state index contributed by atoms with van der Waals surface area (Å²) in [4.78, 5) is 10.9. The van der Waals surface area contributed by atoms with Gasteiger partial charge in [0.05, 0.1) is 0 Å². The van der Waals surface area contributed by atoms with Crippen molar-refractivity contribution in [1.29, 1.82) is 0 Å². The van der Waals surface area contributed by atoms with Crippen LogP contribution in [0.25, 0.3) is 5.57 Å². The zero-order valence-electron chi connectivity index (χ0n) is 8.45. The van der Waals surface area contributed by atoms with Crippen molar-refractivity contribution in [2.45, 2.75) is 20.3 Å². The van der Waals surface area contributed by atoms with Crippen LogP contribution < -0.4 is 0 Å². The molecule has 0 saturated heterocycles. The van der Waals surface area contributed by atoms with Gasteiger partial charge < -0.3 is 5.11 Å². The van der Waals surface area contributed by atoms with Gasteiger partial charge >= 0.3 is 5.97 Å². The van der Waals surface area contributed by atoms with Crippen molar-refractivity contribution >= 4 is 11.5 Å². The number of benzene rings is 1. The van der Waals surface area contributed by atoms with E-state index in [2.05, 4.69) is 0 Å². The van der Waals surface area contributed by atoms with Crippen LogP contribution in [0.1, 0.15) is 25.8 Å². The number of carbonyl (C=O) groups is 1. The second-order valence-corrected chi connectivity index (χ2v) is 3.13. The molecule has 0 saturated carbocycles. The van der Waals surface area contributed by atoms with Crippen LogP contribution in [0.15, 0.2) is 35.9 Å². The molecule has 0 bridgehead atoms. The molecule has 1 N–H and O–H groups in total. The fourth-order valence-electron chi connectivity index (χ4n) is 1.44. The lowest BCUT2D eigenvalue weighted by Crippen LogP contribution is -2.01. The Morgan fingerprint density at radius 1 is 1.29 bits per heavy atom. The van der Waals surface area contributed by atoms with Crippen molar-refractivity contribution in [2.75, 3.05) is 0 Å². The second kappa shape index (κ2) is 4.61. The van der Waals surface area contributed by atoms with Gasteiger partial charge in [-0.25, -0.2) is 4.79 Å². The number of carboxylic acid groups (broad SMARTS) is 1. The van der Waals surface area contributed by atoms with Crippen molar-refractivity contribution in [3.63, 3.8) is 0 Å². The lowest BCUT2D eigenvalue weighted by Gasteiger charge is -2.05. The molecule has 1 aromatic rings. The summed E-state index contributed by atoms with van der Waals surface area (Å²) in [5.74, 6) is -0.825. The van der Waals surface area contributed by atoms with Gasteiger partial charge in [-0.1, -0.05) is 37.3 Å². The minimum atomic E-state index is -0.825.